The van der Waals surface area contributed by atoms with Gasteiger partial charge in [0.05, 0.1) is 30.7 Å². The van der Waals surface area contributed by atoms with Crippen LogP contribution in [-0.2, 0) is 20.9 Å². The molecule has 2 aromatic rings. The fourth-order valence-corrected chi connectivity index (χ4v) is 4.02. The van der Waals surface area contributed by atoms with Crippen LogP contribution in [0.3, 0.4) is 0 Å². The second-order valence-electron chi connectivity index (χ2n) is 7.69. The lowest BCUT2D eigenvalue weighted by Gasteiger charge is -2.41. The molecular formula is C25H28N2O4. The largest absolute Gasteiger partial charge is 0.496 e. The van der Waals surface area contributed by atoms with Crippen molar-refractivity contribution in [3.05, 3.63) is 65.2 Å². The first kappa shape index (κ1) is 22.4. The highest BCUT2D eigenvalue weighted by molar-refractivity contribution is 5.82. The SMILES string of the molecule is CCCCN1C(=O)CC[C@H](C(=O)OCc2ccc(C#N)cc2)[C@H]1c1ccccc1OC. The topological polar surface area (TPSA) is 79.6 Å². The predicted octanol–water partition coefficient (Wildman–Crippen LogP) is 4.39. The van der Waals surface area contributed by atoms with Crippen molar-refractivity contribution in [2.45, 2.75) is 45.3 Å². The number of nitrogens with zero attached hydrogens (tertiary/aromatic N) is 2. The van der Waals surface area contributed by atoms with Crippen LogP contribution in [0, 0.1) is 17.2 Å². The summed E-state index contributed by atoms with van der Waals surface area (Å²) in [6, 6.07) is 16.2. The van der Waals surface area contributed by atoms with Crippen LogP contribution in [-0.4, -0.2) is 30.4 Å². The van der Waals surface area contributed by atoms with Crippen molar-refractivity contribution in [1.29, 1.82) is 5.26 Å². The number of rotatable bonds is 8. The average Bonchev–Trinajstić information content (AvgIpc) is 2.81. The third-order valence-corrected chi connectivity index (χ3v) is 5.68. The molecule has 0 spiro atoms. The number of nitriles is 1. The van der Waals surface area contributed by atoms with Gasteiger partial charge in [-0.2, -0.15) is 5.26 Å². The highest BCUT2D eigenvalue weighted by Crippen LogP contribution is 2.41. The summed E-state index contributed by atoms with van der Waals surface area (Å²) in [4.78, 5) is 27.8. The van der Waals surface area contributed by atoms with Gasteiger partial charge in [-0.15, -0.1) is 0 Å². The minimum absolute atomic E-state index is 0.0560. The monoisotopic (exact) mass is 420 g/mol. The van der Waals surface area contributed by atoms with E-state index in [9.17, 15) is 9.59 Å². The van der Waals surface area contributed by atoms with Crippen LogP contribution < -0.4 is 4.74 Å². The molecule has 1 amide bonds. The Morgan fingerprint density at radius 2 is 1.94 bits per heavy atom. The first-order chi connectivity index (χ1) is 15.1. The fourth-order valence-electron chi connectivity index (χ4n) is 4.02. The minimum Gasteiger partial charge on any atom is -0.496 e. The Labute approximate surface area is 183 Å². The molecule has 0 bridgehead atoms. The number of ether oxygens (including phenoxy) is 2. The van der Waals surface area contributed by atoms with Crippen LogP contribution >= 0.6 is 0 Å². The van der Waals surface area contributed by atoms with Gasteiger partial charge in [0.2, 0.25) is 5.91 Å². The Morgan fingerprint density at radius 3 is 2.61 bits per heavy atom. The lowest BCUT2D eigenvalue weighted by atomic mass is 9.83. The summed E-state index contributed by atoms with van der Waals surface area (Å²) < 4.78 is 11.2. The van der Waals surface area contributed by atoms with Gasteiger partial charge in [-0.25, -0.2) is 0 Å². The van der Waals surface area contributed by atoms with E-state index in [0.717, 1.165) is 24.0 Å². The molecule has 0 saturated carbocycles. The van der Waals surface area contributed by atoms with E-state index in [2.05, 4.69) is 13.0 Å². The van der Waals surface area contributed by atoms with Crippen LogP contribution in [0.15, 0.2) is 48.5 Å². The van der Waals surface area contributed by atoms with Crippen LogP contribution in [0.4, 0.5) is 0 Å². The first-order valence-corrected chi connectivity index (χ1v) is 10.7. The van der Waals surface area contributed by atoms with Crippen molar-refractivity contribution >= 4 is 11.9 Å². The number of methoxy groups -OCH3 is 1. The maximum Gasteiger partial charge on any atom is 0.311 e. The molecule has 1 fully saturated rings. The van der Waals surface area contributed by atoms with Crippen LogP contribution in [0.2, 0.25) is 0 Å². The van der Waals surface area contributed by atoms with Crippen molar-refractivity contribution in [3.8, 4) is 11.8 Å². The molecule has 1 aliphatic heterocycles. The van der Waals surface area contributed by atoms with Crippen LogP contribution in [0.1, 0.15) is 55.3 Å². The average molecular weight is 421 g/mol. The van der Waals surface area contributed by atoms with Gasteiger partial charge >= 0.3 is 5.97 Å². The summed E-state index contributed by atoms with van der Waals surface area (Å²) in [5.74, 6) is -0.0763. The number of carbonyl (C=O) groups excluding carboxylic acids is 2. The zero-order valence-corrected chi connectivity index (χ0v) is 18.0. The molecule has 6 nitrogen and oxygen atoms in total. The van der Waals surface area contributed by atoms with Crippen molar-refractivity contribution < 1.29 is 19.1 Å². The zero-order valence-electron chi connectivity index (χ0n) is 18.0. The summed E-state index contributed by atoms with van der Waals surface area (Å²) in [5, 5.41) is 8.93. The van der Waals surface area contributed by atoms with Crippen LogP contribution in [0.5, 0.6) is 5.75 Å². The van der Waals surface area contributed by atoms with Gasteiger partial charge in [-0.05, 0) is 36.6 Å². The van der Waals surface area contributed by atoms with E-state index in [1.165, 1.54) is 0 Å². The normalized spacial score (nSPS) is 18.4. The van der Waals surface area contributed by atoms with Gasteiger partial charge in [0.15, 0.2) is 0 Å². The quantitative estimate of drug-likeness (QED) is 0.592. The van der Waals surface area contributed by atoms with E-state index in [-0.39, 0.29) is 18.5 Å². The van der Waals surface area contributed by atoms with Crippen molar-refractivity contribution in [3.63, 3.8) is 0 Å². The molecule has 1 aliphatic rings. The maximum absolute atomic E-state index is 13.2. The Kier molecular flexibility index (Phi) is 7.66. The number of unbranched alkanes of at least 4 members (excludes halogenated alkanes) is 1. The molecule has 31 heavy (non-hydrogen) atoms. The molecule has 1 saturated heterocycles. The molecule has 1 heterocycles. The smallest absolute Gasteiger partial charge is 0.311 e. The number of benzene rings is 2. The Bertz CT molecular complexity index is 949. The molecular weight excluding hydrogens is 392 g/mol. The molecule has 0 aromatic heterocycles. The second kappa shape index (κ2) is 10.6. The second-order valence-corrected chi connectivity index (χ2v) is 7.69. The molecule has 0 radical (unpaired) electrons. The third-order valence-electron chi connectivity index (χ3n) is 5.68. The molecule has 3 rings (SSSR count). The highest BCUT2D eigenvalue weighted by Gasteiger charge is 2.42. The summed E-state index contributed by atoms with van der Waals surface area (Å²) in [7, 11) is 1.60. The third kappa shape index (κ3) is 5.24. The Balaban J connectivity index is 1.85. The Hall–Kier alpha value is -3.33. The summed E-state index contributed by atoms with van der Waals surface area (Å²) in [6.45, 7) is 2.80. The first-order valence-electron chi connectivity index (χ1n) is 10.7. The summed E-state index contributed by atoms with van der Waals surface area (Å²) >= 11 is 0. The lowest BCUT2D eigenvalue weighted by molar-refractivity contribution is -0.158. The van der Waals surface area contributed by atoms with Crippen molar-refractivity contribution in [2.24, 2.45) is 5.92 Å². The number of hydrogen-bond acceptors (Lipinski definition) is 5. The number of amides is 1. The predicted molar refractivity (Wildman–Crippen MR) is 116 cm³/mol. The summed E-state index contributed by atoms with van der Waals surface area (Å²) in [5.41, 5.74) is 2.20. The molecule has 0 unspecified atom stereocenters. The van der Waals surface area contributed by atoms with Gasteiger partial charge in [0, 0.05) is 18.5 Å². The molecule has 2 atom stereocenters. The van der Waals surface area contributed by atoms with Crippen molar-refractivity contribution in [1.82, 2.24) is 4.90 Å². The zero-order chi connectivity index (χ0) is 22.2. The minimum atomic E-state index is -0.468. The van der Waals surface area contributed by atoms with E-state index >= 15 is 0 Å². The van der Waals surface area contributed by atoms with Crippen molar-refractivity contribution in [2.75, 3.05) is 13.7 Å². The van der Waals surface area contributed by atoms with E-state index in [1.54, 1.807) is 31.4 Å². The van der Waals surface area contributed by atoms with E-state index in [1.807, 2.05) is 29.2 Å². The van der Waals surface area contributed by atoms with Gasteiger partial charge in [0.1, 0.15) is 12.4 Å². The number of hydrogen-bond donors (Lipinski definition) is 0. The molecule has 0 N–H and O–H groups in total. The fraction of sp³-hybridized carbons (Fsp3) is 0.400. The van der Waals surface area contributed by atoms with E-state index < -0.39 is 12.0 Å². The van der Waals surface area contributed by atoms with Gasteiger partial charge < -0.3 is 14.4 Å². The number of para-hydroxylation sites is 1. The standard InChI is InChI=1S/C25H28N2O4/c1-3-4-15-27-23(28)14-13-21(24(27)20-7-5-6-8-22(20)30-2)25(29)31-17-19-11-9-18(16-26)10-12-19/h5-12,21,24H,3-4,13-15,17H2,1-2H3/t21-,24+/m0/s1. The van der Waals surface area contributed by atoms with Gasteiger partial charge in [0.25, 0.3) is 0 Å². The van der Waals surface area contributed by atoms with Crippen LogP contribution in [0.25, 0.3) is 0 Å². The van der Waals surface area contributed by atoms with E-state index in [0.29, 0.717) is 30.7 Å². The van der Waals surface area contributed by atoms with Gasteiger partial charge in [-0.3, -0.25) is 9.59 Å². The Morgan fingerprint density at radius 1 is 1.19 bits per heavy atom. The summed E-state index contributed by atoms with van der Waals surface area (Å²) in [6.07, 6.45) is 2.59. The molecule has 6 heteroatoms. The highest BCUT2D eigenvalue weighted by atomic mass is 16.5. The maximum atomic E-state index is 13.2. The number of piperidine rings is 1. The lowest BCUT2D eigenvalue weighted by Crippen LogP contribution is -2.46. The van der Waals surface area contributed by atoms with E-state index in [4.69, 9.17) is 14.7 Å². The number of esters is 1. The molecule has 2 aromatic carbocycles. The number of carbonyl (C=O) groups is 2. The molecule has 0 aliphatic carbocycles. The molecule has 162 valence electrons. The number of likely N-dealkylation sites (tertiary alicyclic amines) is 1. The van der Waals surface area contributed by atoms with Gasteiger partial charge in [-0.1, -0.05) is 43.7 Å².